The van der Waals surface area contributed by atoms with E-state index in [0.29, 0.717) is 44.5 Å². The summed E-state index contributed by atoms with van der Waals surface area (Å²) in [6, 6.07) is 8.24. The Bertz CT molecular complexity index is 717. The molecule has 0 bridgehead atoms. The summed E-state index contributed by atoms with van der Waals surface area (Å²) in [5.74, 6) is -0.354. The molecular weight excluding hydrogens is 366 g/mol. The number of benzene rings is 1. The van der Waals surface area contributed by atoms with Gasteiger partial charge in [-0.15, -0.1) is 6.58 Å². The van der Waals surface area contributed by atoms with Crippen LogP contribution in [0.25, 0.3) is 0 Å². The summed E-state index contributed by atoms with van der Waals surface area (Å²) < 4.78 is 0. The van der Waals surface area contributed by atoms with Crippen molar-refractivity contribution >= 4 is 17.7 Å². The minimum atomic E-state index is -0.637. The molecule has 29 heavy (non-hydrogen) atoms. The van der Waals surface area contributed by atoms with Crippen molar-refractivity contribution in [2.75, 3.05) is 19.6 Å². The van der Waals surface area contributed by atoms with Gasteiger partial charge in [-0.1, -0.05) is 45.0 Å². The van der Waals surface area contributed by atoms with Gasteiger partial charge in [-0.3, -0.25) is 14.4 Å². The van der Waals surface area contributed by atoms with E-state index in [1.807, 2.05) is 11.0 Å². The van der Waals surface area contributed by atoms with Crippen LogP contribution in [0.3, 0.4) is 0 Å². The molecule has 2 rings (SSSR count). The quantitative estimate of drug-likeness (QED) is 0.692. The highest BCUT2D eigenvalue weighted by Gasteiger charge is 2.34. The van der Waals surface area contributed by atoms with Crippen LogP contribution < -0.4 is 10.6 Å². The zero-order valence-electron chi connectivity index (χ0n) is 17.7. The molecule has 1 heterocycles. The van der Waals surface area contributed by atoms with E-state index in [9.17, 15) is 14.4 Å². The van der Waals surface area contributed by atoms with E-state index in [-0.39, 0.29) is 29.1 Å². The average Bonchev–Trinajstić information content (AvgIpc) is 2.69. The first kappa shape index (κ1) is 22.7. The van der Waals surface area contributed by atoms with Crippen LogP contribution in [0.2, 0.25) is 0 Å². The van der Waals surface area contributed by atoms with E-state index >= 15 is 0 Å². The second-order valence-corrected chi connectivity index (χ2v) is 8.81. The highest BCUT2D eigenvalue weighted by molar-refractivity contribution is 5.97. The van der Waals surface area contributed by atoms with Gasteiger partial charge < -0.3 is 15.5 Å². The van der Waals surface area contributed by atoms with Gasteiger partial charge in [0.1, 0.15) is 6.04 Å². The van der Waals surface area contributed by atoms with Crippen LogP contribution in [-0.2, 0) is 9.59 Å². The minimum absolute atomic E-state index is 0.0221. The lowest BCUT2D eigenvalue weighted by atomic mass is 9.87. The largest absolute Gasteiger partial charge is 0.351 e. The number of likely N-dealkylation sites (tertiary alicyclic amines) is 1. The van der Waals surface area contributed by atoms with Crippen LogP contribution in [-0.4, -0.2) is 48.3 Å². The Kier molecular flexibility index (Phi) is 8.00. The number of hydrogen-bond acceptors (Lipinski definition) is 3. The first-order valence-corrected chi connectivity index (χ1v) is 10.2. The highest BCUT2D eigenvalue weighted by atomic mass is 16.2. The maximum atomic E-state index is 12.7. The third-order valence-corrected chi connectivity index (χ3v) is 5.07. The fourth-order valence-electron chi connectivity index (χ4n) is 3.54. The van der Waals surface area contributed by atoms with Crippen LogP contribution in [0.1, 0.15) is 50.4 Å². The molecule has 1 fully saturated rings. The number of piperidine rings is 1. The fourth-order valence-corrected chi connectivity index (χ4v) is 3.54. The van der Waals surface area contributed by atoms with Gasteiger partial charge in [0.15, 0.2) is 0 Å². The summed E-state index contributed by atoms with van der Waals surface area (Å²) in [6.45, 7) is 11.3. The summed E-state index contributed by atoms with van der Waals surface area (Å²) in [5.41, 5.74) is 0.469. The van der Waals surface area contributed by atoms with Crippen LogP contribution in [0.4, 0.5) is 0 Å². The molecule has 0 spiro atoms. The molecular formula is C23H33N3O3. The number of hydrogen-bond donors (Lipinski definition) is 2. The second kappa shape index (κ2) is 10.2. The summed E-state index contributed by atoms with van der Waals surface area (Å²) >= 11 is 0. The van der Waals surface area contributed by atoms with Gasteiger partial charge in [-0.25, -0.2) is 0 Å². The van der Waals surface area contributed by atoms with Gasteiger partial charge in [0.2, 0.25) is 11.8 Å². The lowest BCUT2D eigenvalue weighted by molar-refractivity contribution is -0.134. The van der Waals surface area contributed by atoms with Crippen LogP contribution in [0.15, 0.2) is 43.0 Å². The van der Waals surface area contributed by atoms with Crippen LogP contribution >= 0.6 is 0 Å². The van der Waals surface area contributed by atoms with Gasteiger partial charge >= 0.3 is 0 Å². The van der Waals surface area contributed by atoms with E-state index in [4.69, 9.17) is 0 Å². The highest BCUT2D eigenvalue weighted by Crippen LogP contribution is 2.25. The molecule has 6 nitrogen and oxygen atoms in total. The third-order valence-electron chi connectivity index (χ3n) is 5.07. The first-order valence-electron chi connectivity index (χ1n) is 10.2. The normalized spacial score (nSPS) is 16.0. The van der Waals surface area contributed by atoms with E-state index < -0.39 is 6.04 Å². The molecule has 2 N–H and O–H groups in total. The van der Waals surface area contributed by atoms with Crippen molar-refractivity contribution in [2.45, 2.75) is 46.1 Å². The Morgan fingerprint density at radius 3 is 2.34 bits per heavy atom. The van der Waals surface area contributed by atoms with E-state index in [1.54, 1.807) is 30.3 Å². The molecule has 1 aliphatic rings. The number of rotatable bonds is 7. The number of nitrogens with one attached hydrogen (secondary N) is 2. The minimum Gasteiger partial charge on any atom is -0.351 e. The molecule has 1 aromatic rings. The number of nitrogens with zero attached hydrogens (tertiary/aromatic N) is 1. The van der Waals surface area contributed by atoms with Crippen molar-refractivity contribution in [2.24, 2.45) is 11.3 Å². The Labute approximate surface area is 173 Å². The van der Waals surface area contributed by atoms with Crippen molar-refractivity contribution in [3.05, 3.63) is 48.6 Å². The Morgan fingerprint density at radius 2 is 1.79 bits per heavy atom. The van der Waals surface area contributed by atoms with Crippen molar-refractivity contribution < 1.29 is 14.4 Å². The molecule has 158 valence electrons. The summed E-state index contributed by atoms with van der Waals surface area (Å²) in [4.78, 5) is 39.7. The number of carbonyl (C=O) groups excluding carboxylic acids is 3. The van der Waals surface area contributed by atoms with Crippen molar-refractivity contribution in [1.82, 2.24) is 15.5 Å². The lowest BCUT2D eigenvalue weighted by Crippen LogP contribution is -2.54. The maximum absolute atomic E-state index is 12.7. The zero-order chi connectivity index (χ0) is 21.4. The number of amides is 3. The van der Waals surface area contributed by atoms with E-state index in [1.165, 1.54) is 0 Å². The van der Waals surface area contributed by atoms with Crippen molar-refractivity contribution in [3.8, 4) is 0 Å². The van der Waals surface area contributed by atoms with Gasteiger partial charge in [0.05, 0.1) is 0 Å². The molecule has 1 aromatic carbocycles. The molecule has 1 aliphatic heterocycles. The molecule has 1 atom stereocenters. The second-order valence-electron chi connectivity index (χ2n) is 8.81. The smallest absolute Gasteiger partial charge is 0.251 e. The molecule has 0 radical (unpaired) electrons. The SMILES string of the molecule is C=CCNC(=O)C(NC(=O)c1ccccc1)C1CCN(C(=O)CC(C)(C)C)CC1. The van der Waals surface area contributed by atoms with E-state index in [2.05, 4.69) is 38.0 Å². The predicted octanol–water partition coefficient (Wildman–Crippen LogP) is 2.76. The average molecular weight is 400 g/mol. The standard InChI is InChI=1S/C23H33N3O3/c1-5-13-24-22(29)20(25-21(28)18-9-7-6-8-10-18)17-11-14-26(15-12-17)19(27)16-23(2,3)4/h5-10,17,20H,1,11-16H2,2-4H3,(H,24,29)(H,25,28). The Balaban J connectivity index is 2.04. The molecule has 1 unspecified atom stereocenters. The molecule has 6 heteroatoms. The third kappa shape index (κ3) is 7.04. The monoisotopic (exact) mass is 399 g/mol. The van der Waals surface area contributed by atoms with Gasteiger partial charge in [0, 0.05) is 31.6 Å². The molecule has 0 saturated carbocycles. The van der Waals surface area contributed by atoms with Crippen LogP contribution in [0, 0.1) is 11.3 Å². The van der Waals surface area contributed by atoms with Gasteiger partial charge in [-0.05, 0) is 36.3 Å². The predicted molar refractivity (Wildman–Crippen MR) is 114 cm³/mol. The summed E-state index contributed by atoms with van der Waals surface area (Å²) in [6.07, 6.45) is 3.47. The molecule has 0 aromatic heterocycles. The van der Waals surface area contributed by atoms with Crippen LogP contribution in [0.5, 0.6) is 0 Å². The first-order chi connectivity index (χ1) is 13.7. The topological polar surface area (TPSA) is 78.5 Å². The fraction of sp³-hybridized carbons (Fsp3) is 0.522. The molecule has 3 amide bonds. The molecule has 1 saturated heterocycles. The zero-order valence-corrected chi connectivity index (χ0v) is 17.7. The Morgan fingerprint density at radius 1 is 1.17 bits per heavy atom. The van der Waals surface area contributed by atoms with Gasteiger partial charge in [0.25, 0.3) is 5.91 Å². The van der Waals surface area contributed by atoms with Gasteiger partial charge in [-0.2, -0.15) is 0 Å². The lowest BCUT2D eigenvalue weighted by Gasteiger charge is -2.36. The van der Waals surface area contributed by atoms with E-state index in [0.717, 1.165) is 0 Å². The molecule has 0 aliphatic carbocycles. The summed E-state index contributed by atoms with van der Waals surface area (Å²) in [7, 11) is 0. The van der Waals surface area contributed by atoms with Crippen molar-refractivity contribution in [1.29, 1.82) is 0 Å². The summed E-state index contributed by atoms with van der Waals surface area (Å²) in [5, 5.41) is 5.70. The van der Waals surface area contributed by atoms with Crippen molar-refractivity contribution in [3.63, 3.8) is 0 Å². The number of carbonyl (C=O) groups is 3. The Hall–Kier alpha value is -2.63. The maximum Gasteiger partial charge on any atom is 0.251 e.